The molecule has 0 bridgehead atoms. The van der Waals surface area contributed by atoms with E-state index in [4.69, 9.17) is 11.6 Å². The third-order valence-electron chi connectivity index (χ3n) is 4.81. The number of benzene rings is 2. The number of fused-ring (bicyclic) bond motifs is 1. The summed E-state index contributed by atoms with van der Waals surface area (Å²) in [4.78, 5) is 30.4. The smallest absolute Gasteiger partial charge is 0.276 e. The number of carbonyl (C=O) groups is 1. The molecule has 0 atom stereocenters. The summed E-state index contributed by atoms with van der Waals surface area (Å²) in [6.07, 6.45) is 0. The molecule has 31 heavy (non-hydrogen) atoms. The number of hydrogen-bond acceptors (Lipinski definition) is 5. The van der Waals surface area contributed by atoms with Gasteiger partial charge in [0.2, 0.25) is 5.91 Å². The number of aryl methyl sites for hydroxylation is 2. The Labute approximate surface area is 193 Å². The summed E-state index contributed by atoms with van der Waals surface area (Å²) in [6.45, 7) is 4.33. The molecule has 0 radical (unpaired) electrons. The lowest BCUT2D eigenvalue weighted by atomic mass is 10.1. The van der Waals surface area contributed by atoms with Crippen molar-refractivity contribution < 1.29 is 4.79 Å². The number of rotatable bonds is 6. The van der Waals surface area contributed by atoms with Gasteiger partial charge in [0.15, 0.2) is 5.16 Å². The molecule has 0 aliphatic carbocycles. The summed E-state index contributed by atoms with van der Waals surface area (Å²) in [7, 11) is 0. The van der Waals surface area contributed by atoms with Crippen molar-refractivity contribution in [3.63, 3.8) is 0 Å². The van der Waals surface area contributed by atoms with E-state index < -0.39 is 0 Å². The molecule has 1 amide bonds. The molecule has 1 N–H and O–H groups in total. The maximum atomic E-state index is 13.2. The van der Waals surface area contributed by atoms with Crippen LogP contribution in [0.25, 0.3) is 15.9 Å². The second kappa shape index (κ2) is 9.26. The lowest BCUT2D eigenvalue weighted by molar-refractivity contribution is -0.118. The number of thioether (sulfide) groups is 1. The maximum absolute atomic E-state index is 13.2. The molecule has 2 heterocycles. The summed E-state index contributed by atoms with van der Waals surface area (Å²) in [5.74, 6) is -0.0194. The number of aromatic nitrogens is 2. The van der Waals surface area contributed by atoms with E-state index in [0.717, 1.165) is 22.4 Å². The summed E-state index contributed by atoms with van der Waals surface area (Å²) >= 11 is 8.77. The van der Waals surface area contributed by atoms with Gasteiger partial charge in [-0.15, -0.1) is 11.3 Å². The van der Waals surface area contributed by atoms with E-state index in [1.807, 2.05) is 61.7 Å². The fraction of sp³-hybridized carbons (Fsp3) is 0.174. The van der Waals surface area contributed by atoms with Gasteiger partial charge in [0, 0.05) is 11.6 Å². The molecule has 2 aromatic heterocycles. The Hall–Kier alpha value is -2.61. The van der Waals surface area contributed by atoms with E-state index in [-0.39, 0.29) is 17.2 Å². The van der Waals surface area contributed by atoms with Crippen molar-refractivity contribution in [2.75, 3.05) is 5.75 Å². The normalized spacial score (nSPS) is 11.1. The Morgan fingerprint density at radius 2 is 2.00 bits per heavy atom. The fourth-order valence-electron chi connectivity index (χ4n) is 3.27. The van der Waals surface area contributed by atoms with E-state index in [1.165, 1.54) is 23.1 Å². The van der Waals surface area contributed by atoms with Crippen LogP contribution >= 0.6 is 34.7 Å². The van der Waals surface area contributed by atoms with Gasteiger partial charge in [0.25, 0.3) is 5.56 Å². The minimum Gasteiger partial charge on any atom is -0.351 e. The van der Waals surface area contributed by atoms with E-state index in [1.54, 1.807) is 10.6 Å². The number of carbonyl (C=O) groups excluding carboxylic acids is 1. The Kier molecular flexibility index (Phi) is 6.46. The van der Waals surface area contributed by atoms with Gasteiger partial charge >= 0.3 is 0 Å². The van der Waals surface area contributed by atoms with Gasteiger partial charge in [-0.2, -0.15) is 0 Å². The molecule has 4 rings (SSSR count). The highest BCUT2D eigenvalue weighted by Gasteiger charge is 2.17. The van der Waals surface area contributed by atoms with Gasteiger partial charge in [0.1, 0.15) is 4.70 Å². The maximum Gasteiger partial charge on any atom is 0.276 e. The highest BCUT2D eigenvalue weighted by atomic mass is 35.5. The van der Waals surface area contributed by atoms with E-state index in [9.17, 15) is 9.59 Å². The molecule has 5 nitrogen and oxygen atoms in total. The number of amides is 1. The second-order valence-electron chi connectivity index (χ2n) is 7.12. The first-order valence-corrected chi connectivity index (χ1v) is 11.9. The summed E-state index contributed by atoms with van der Waals surface area (Å²) in [6, 6.07) is 15.2. The molecule has 0 fully saturated rings. The van der Waals surface area contributed by atoms with Gasteiger partial charge in [-0.3, -0.25) is 14.2 Å². The molecule has 0 saturated carbocycles. The molecule has 0 aliphatic heterocycles. The van der Waals surface area contributed by atoms with Crippen LogP contribution in [-0.4, -0.2) is 21.2 Å². The topological polar surface area (TPSA) is 64.0 Å². The van der Waals surface area contributed by atoms with Crippen molar-refractivity contribution in [2.24, 2.45) is 0 Å². The van der Waals surface area contributed by atoms with E-state index >= 15 is 0 Å². The zero-order valence-corrected chi connectivity index (χ0v) is 19.4. The Morgan fingerprint density at radius 1 is 1.19 bits per heavy atom. The molecule has 158 valence electrons. The highest BCUT2D eigenvalue weighted by Crippen LogP contribution is 2.25. The highest BCUT2D eigenvalue weighted by molar-refractivity contribution is 7.99. The average molecular weight is 470 g/mol. The van der Waals surface area contributed by atoms with Crippen LogP contribution in [0.15, 0.2) is 63.9 Å². The second-order valence-corrected chi connectivity index (χ2v) is 9.38. The minimum atomic E-state index is -0.156. The standard InChI is InChI=1S/C23H20ClN3O2S2/c1-14-7-8-19(15(2)11-14)27-22(29)21-18(9-10-30-21)26-23(27)31-13-20(28)25-12-16-5-3-4-6-17(16)24/h3-11H,12-13H2,1-2H3,(H,25,28). The van der Waals surface area contributed by atoms with Crippen LogP contribution in [0.4, 0.5) is 0 Å². The predicted molar refractivity (Wildman–Crippen MR) is 129 cm³/mol. The third-order valence-corrected chi connectivity index (χ3v) is 7.01. The van der Waals surface area contributed by atoms with Crippen LogP contribution in [0.2, 0.25) is 5.02 Å². The number of halogens is 1. The van der Waals surface area contributed by atoms with Crippen molar-refractivity contribution in [2.45, 2.75) is 25.5 Å². The number of nitrogens with zero attached hydrogens (tertiary/aromatic N) is 2. The molecule has 0 saturated heterocycles. The van der Waals surface area contributed by atoms with Gasteiger partial charge in [-0.05, 0) is 48.6 Å². The molecular weight excluding hydrogens is 450 g/mol. The lowest BCUT2D eigenvalue weighted by Gasteiger charge is -2.14. The van der Waals surface area contributed by atoms with Crippen molar-refractivity contribution >= 4 is 50.8 Å². The molecule has 0 spiro atoms. The van der Waals surface area contributed by atoms with Crippen LogP contribution in [0.5, 0.6) is 0 Å². The molecule has 4 aromatic rings. The van der Waals surface area contributed by atoms with Gasteiger partial charge < -0.3 is 5.32 Å². The van der Waals surface area contributed by atoms with Gasteiger partial charge in [-0.25, -0.2) is 4.98 Å². The van der Waals surface area contributed by atoms with Crippen molar-refractivity contribution in [3.05, 3.63) is 86.0 Å². The summed E-state index contributed by atoms with van der Waals surface area (Å²) in [5.41, 5.74) is 4.25. The van der Waals surface area contributed by atoms with E-state index in [2.05, 4.69) is 10.3 Å². The molecule has 2 aromatic carbocycles. The van der Waals surface area contributed by atoms with Crippen LogP contribution in [0, 0.1) is 13.8 Å². The molecule has 0 unspecified atom stereocenters. The monoisotopic (exact) mass is 469 g/mol. The number of thiophene rings is 1. The van der Waals surface area contributed by atoms with Crippen LogP contribution in [0.1, 0.15) is 16.7 Å². The largest absolute Gasteiger partial charge is 0.351 e. The fourth-order valence-corrected chi connectivity index (χ4v) is 5.07. The lowest BCUT2D eigenvalue weighted by Crippen LogP contribution is -2.26. The minimum absolute atomic E-state index is 0.120. The quantitative estimate of drug-likeness (QED) is 0.314. The molecular formula is C23H20ClN3O2S2. The van der Waals surface area contributed by atoms with Gasteiger partial charge in [0.05, 0.1) is 17.0 Å². The van der Waals surface area contributed by atoms with Crippen LogP contribution in [0.3, 0.4) is 0 Å². The van der Waals surface area contributed by atoms with Crippen molar-refractivity contribution in [1.29, 1.82) is 0 Å². The summed E-state index contributed by atoms with van der Waals surface area (Å²) < 4.78 is 2.21. The summed E-state index contributed by atoms with van der Waals surface area (Å²) in [5, 5.41) is 5.85. The Morgan fingerprint density at radius 3 is 2.77 bits per heavy atom. The first kappa shape index (κ1) is 21.6. The zero-order valence-electron chi connectivity index (χ0n) is 17.0. The van der Waals surface area contributed by atoms with Crippen LogP contribution < -0.4 is 10.9 Å². The molecule has 8 heteroatoms. The SMILES string of the molecule is Cc1ccc(-n2c(SCC(=O)NCc3ccccc3Cl)nc3ccsc3c2=O)c(C)c1. The average Bonchev–Trinajstić information content (AvgIpc) is 3.21. The van der Waals surface area contributed by atoms with Crippen molar-refractivity contribution in [3.8, 4) is 5.69 Å². The Bertz CT molecular complexity index is 1330. The first-order chi connectivity index (χ1) is 14.9. The predicted octanol–water partition coefficient (Wildman–Crippen LogP) is 5.13. The number of hydrogen-bond donors (Lipinski definition) is 1. The van der Waals surface area contributed by atoms with Crippen molar-refractivity contribution in [1.82, 2.24) is 14.9 Å². The Balaban J connectivity index is 1.60. The number of nitrogens with one attached hydrogen (secondary N) is 1. The van der Waals surface area contributed by atoms with Gasteiger partial charge in [-0.1, -0.05) is 59.3 Å². The molecule has 0 aliphatic rings. The van der Waals surface area contributed by atoms with E-state index in [0.29, 0.717) is 26.9 Å². The van der Waals surface area contributed by atoms with Crippen LogP contribution in [-0.2, 0) is 11.3 Å². The zero-order chi connectivity index (χ0) is 22.0. The first-order valence-electron chi connectivity index (χ1n) is 9.65. The third kappa shape index (κ3) is 4.69.